The van der Waals surface area contributed by atoms with Gasteiger partial charge >= 0.3 is 0 Å². The zero-order valence-electron chi connectivity index (χ0n) is 25.0. The van der Waals surface area contributed by atoms with E-state index in [1.165, 1.54) is 25.3 Å². The number of amides is 1. The van der Waals surface area contributed by atoms with Gasteiger partial charge in [0, 0.05) is 41.0 Å². The minimum absolute atomic E-state index is 0.00657. The summed E-state index contributed by atoms with van der Waals surface area (Å²) in [6, 6.07) is 14.3. The van der Waals surface area contributed by atoms with Crippen molar-refractivity contribution in [1.29, 1.82) is 0 Å². The van der Waals surface area contributed by atoms with Gasteiger partial charge in [0.2, 0.25) is 10.0 Å². The molecule has 0 spiro atoms. The molecular formula is C32H38ClN3O6S. The minimum Gasteiger partial charge on any atom is -0.495 e. The number of carbonyl (C=O) groups excluding carboxylic acids is 1. The number of nitrogens with one attached hydrogen (secondary N) is 2. The largest absolute Gasteiger partial charge is 0.495 e. The summed E-state index contributed by atoms with van der Waals surface area (Å²) in [6.45, 7) is 8.71. The first-order valence-electron chi connectivity index (χ1n) is 14.3. The number of benzene rings is 3. The topological polar surface area (TPSA) is 117 Å². The lowest BCUT2D eigenvalue weighted by Crippen LogP contribution is -2.53. The van der Waals surface area contributed by atoms with Gasteiger partial charge in [-0.3, -0.25) is 4.79 Å². The molecule has 3 aromatic rings. The van der Waals surface area contributed by atoms with Crippen molar-refractivity contribution < 1.29 is 27.8 Å². The van der Waals surface area contributed by atoms with Crippen molar-refractivity contribution in [2.24, 2.45) is 0 Å². The first-order chi connectivity index (χ1) is 20.3. The predicted octanol–water partition coefficient (Wildman–Crippen LogP) is 5.23. The third-order valence-corrected chi connectivity index (χ3v) is 10.0. The first-order valence-corrected chi connectivity index (χ1v) is 16.2. The van der Waals surface area contributed by atoms with Gasteiger partial charge in [0.15, 0.2) is 0 Å². The van der Waals surface area contributed by atoms with Crippen LogP contribution in [0.3, 0.4) is 0 Å². The molecule has 2 aliphatic rings. The van der Waals surface area contributed by atoms with Gasteiger partial charge in [-0.1, -0.05) is 29.8 Å². The van der Waals surface area contributed by atoms with Gasteiger partial charge in [0.05, 0.1) is 13.2 Å². The Bertz CT molecular complexity index is 1620. The van der Waals surface area contributed by atoms with Crippen molar-refractivity contribution in [1.82, 2.24) is 9.62 Å². The van der Waals surface area contributed by atoms with Gasteiger partial charge in [-0.25, -0.2) is 13.1 Å². The van der Waals surface area contributed by atoms with E-state index in [-0.39, 0.29) is 27.6 Å². The highest BCUT2D eigenvalue weighted by Gasteiger charge is 2.45. The number of rotatable bonds is 8. The first kappa shape index (κ1) is 31.1. The lowest BCUT2D eigenvalue weighted by atomic mass is 9.86. The van der Waals surface area contributed by atoms with Gasteiger partial charge in [0.25, 0.3) is 5.91 Å². The molecule has 1 fully saturated rings. The molecule has 0 saturated carbocycles. The summed E-state index contributed by atoms with van der Waals surface area (Å²) in [5.41, 5.74) is 3.01. The number of halogens is 1. The summed E-state index contributed by atoms with van der Waals surface area (Å²) in [7, 11) is -2.86. The Morgan fingerprint density at radius 2 is 1.86 bits per heavy atom. The fraction of sp³-hybridized carbons (Fsp3) is 0.406. The molecule has 2 heterocycles. The van der Waals surface area contributed by atoms with Crippen LogP contribution in [-0.4, -0.2) is 62.3 Å². The highest BCUT2D eigenvalue weighted by Crippen LogP contribution is 2.42. The van der Waals surface area contributed by atoms with Gasteiger partial charge in [0.1, 0.15) is 28.1 Å². The van der Waals surface area contributed by atoms with Crippen LogP contribution in [0.25, 0.3) is 0 Å². The van der Waals surface area contributed by atoms with E-state index in [4.69, 9.17) is 21.1 Å². The van der Waals surface area contributed by atoms with Crippen molar-refractivity contribution in [3.05, 3.63) is 81.9 Å². The van der Waals surface area contributed by atoms with Gasteiger partial charge in [-0.05, 0) is 88.1 Å². The van der Waals surface area contributed by atoms with Crippen LogP contribution in [0.1, 0.15) is 59.8 Å². The fourth-order valence-corrected chi connectivity index (χ4v) is 7.60. The molecule has 0 radical (unpaired) electrons. The number of aliphatic hydroxyl groups is 1. The summed E-state index contributed by atoms with van der Waals surface area (Å²) < 4.78 is 41.2. The molecule has 0 unspecified atom stereocenters. The van der Waals surface area contributed by atoms with E-state index in [1.54, 1.807) is 32.0 Å². The summed E-state index contributed by atoms with van der Waals surface area (Å²) in [4.78, 5) is 15.6. The van der Waals surface area contributed by atoms with Crippen LogP contribution in [0.2, 0.25) is 5.02 Å². The number of para-hydroxylation sites is 1. The molecular weight excluding hydrogens is 590 g/mol. The Labute approximate surface area is 258 Å². The molecule has 0 aromatic heterocycles. The average Bonchev–Trinajstić information content (AvgIpc) is 3.43. The van der Waals surface area contributed by atoms with Crippen molar-refractivity contribution in [2.75, 3.05) is 25.5 Å². The molecule has 11 heteroatoms. The van der Waals surface area contributed by atoms with Crippen molar-refractivity contribution >= 4 is 33.2 Å². The van der Waals surface area contributed by atoms with Gasteiger partial charge in [-0.2, -0.15) is 0 Å². The maximum atomic E-state index is 13.9. The molecule has 3 N–H and O–H groups in total. The summed E-state index contributed by atoms with van der Waals surface area (Å²) in [5, 5.41) is 15.1. The zero-order valence-corrected chi connectivity index (χ0v) is 26.6. The number of aryl methyl sites for hydroxylation is 2. The number of ether oxygens (including phenoxy) is 2. The number of carbonyl (C=O) groups is 1. The summed E-state index contributed by atoms with van der Waals surface area (Å²) in [6.07, 6.45) is 0.482. The Morgan fingerprint density at radius 3 is 2.56 bits per heavy atom. The zero-order chi connectivity index (χ0) is 31.1. The van der Waals surface area contributed by atoms with Crippen molar-refractivity contribution in [2.45, 2.75) is 69.2 Å². The third-order valence-electron chi connectivity index (χ3n) is 8.32. The number of fused-ring (bicyclic) bond motifs is 1. The van der Waals surface area contributed by atoms with E-state index in [0.29, 0.717) is 30.0 Å². The number of nitrogens with zero attached hydrogens (tertiary/aromatic N) is 1. The number of anilines is 1. The summed E-state index contributed by atoms with van der Waals surface area (Å²) >= 11 is 6.12. The van der Waals surface area contributed by atoms with Crippen LogP contribution in [0.5, 0.6) is 11.5 Å². The van der Waals surface area contributed by atoms with Crippen LogP contribution in [0, 0.1) is 13.8 Å². The molecule has 230 valence electrons. The number of sulfonamides is 1. The second-order valence-electron chi connectivity index (χ2n) is 11.7. The molecule has 3 atom stereocenters. The van der Waals surface area contributed by atoms with E-state index < -0.39 is 27.8 Å². The highest BCUT2D eigenvalue weighted by atomic mass is 35.5. The Morgan fingerprint density at radius 1 is 1.14 bits per heavy atom. The maximum Gasteiger partial charge on any atom is 0.254 e. The lowest BCUT2D eigenvalue weighted by molar-refractivity contribution is -0.0603. The van der Waals surface area contributed by atoms with E-state index in [2.05, 4.69) is 36.0 Å². The van der Waals surface area contributed by atoms with Crippen LogP contribution < -0.4 is 19.5 Å². The van der Waals surface area contributed by atoms with E-state index in [1.807, 2.05) is 11.0 Å². The van der Waals surface area contributed by atoms with Crippen LogP contribution in [0.15, 0.2) is 59.5 Å². The number of methoxy groups -OCH3 is 1. The molecule has 0 bridgehead atoms. The monoisotopic (exact) mass is 627 g/mol. The molecule has 3 aromatic carbocycles. The number of aliphatic hydroxyl groups excluding tert-OH is 1. The van der Waals surface area contributed by atoms with Crippen LogP contribution >= 0.6 is 11.6 Å². The average molecular weight is 628 g/mol. The standard InChI is InChI=1S/C32H38ClN3O6S/c1-19-8-6-9-20(2)28(19)34-18-23-10-7-15-36(23)31(38)21-11-13-25-24(16-21)29(30(37)32(3,4)42-25)35-43(39,40)27-17-22(33)12-14-26(27)41-5/h6,8-9,11-14,16-17,23,29-30,34-35,37H,7,10,15,18H2,1-5H3/t23-,29-,30+/m1/s1. The Balaban J connectivity index is 1.44. The summed E-state index contributed by atoms with van der Waals surface area (Å²) in [5.74, 6) is 0.328. The number of hydrogen-bond acceptors (Lipinski definition) is 7. The fourth-order valence-electron chi connectivity index (χ4n) is 5.95. The second-order valence-corrected chi connectivity index (χ2v) is 13.9. The minimum atomic E-state index is -4.23. The maximum absolute atomic E-state index is 13.9. The van der Waals surface area contributed by atoms with E-state index >= 15 is 0 Å². The van der Waals surface area contributed by atoms with E-state index in [0.717, 1.165) is 29.7 Å². The quantitative estimate of drug-likeness (QED) is 0.313. The normalized spacial score (nSPS) is 21.2. The molecule has 9 nitrogen and oxygen atoms in total. The molecule has 5 rings (SSSR count). The van der Waals surface area contributed by atoms with Gasteiger partial charge < -0.3 is 24.8 Å². The molecule has 2 aliphatic heterocycles. The smallest absolute Gasteiger partial charge is 0.254 e. The highest BCUT2D eigenvalue weighted by molar-refractivity contribution is 7.89. The van der Waals surface area contributed by atoms with E-state index in [9.17, 15) is 18.3 Å². The van der Waals surface area contributed by atoms with Crippen LogP contribution in [-0.2, 0) is 10.0 Å². The number of likely N-dealkylation sites (tertiary alicyclic amines) is 1. The Hall–Kier alpha value is -3.31. The van der Waals surface area contributed by atoms with Gasteiger partial charge in [-0.15, -0.1) is 0 Å². The second kappa shape index (κ2) is 12.0. The number of hydrogen-bond donors (Lipinski definition) is 3. The molecule has 0 aliphatic carbocycles. The molecule has 43 heavy (non-hydrogen) atoms. The molecule has 1 saturated heterocycles. The Kier molecular flexibility index (Phi) is 8.68. The predicted molar refractivity (Wildman–Crippen MR) is 167 cm³/mol. The van der Waals surface area contributed by atoms with Crippen LogP contribution in [0.4, 0.5) is 5.69 Å². The van der Waals surface area contributed by atoms with Crippen molar-refractivity contribution in [3.63, 3.8) is 0 Å². The lowest BCUT2D eigenvalue weighted by Gasteiger charge is -2.42. The third kappa shape index (κ3) is 6.20. The molecule has 1 amide bonds. The SMILES string of the molecule is COc1ccc(Cl)cc1S(=O)(=O)N[C@@H]1c2cc(C(=O)N3CCC[C@@H]3CNc3c(C)cccc3C)ccc2OC(C)(C)[C@H]1O. The van der Waals surface area contributed by atoms with Crippen molar-refractivity contribution in [3.8, 4) is 11.5 Å².